The van der Waals surface area contributed by atoms with E-state index in [1.54, 1.807) is 36.7 Å². The second kappa shape index (κ2) is 10.0. The number of nitrogens with zero attached hydrogens (tertiary/aromatic N) is 1. The van der Waals surface area contributed by atoms with E-state index < -0.39 is 10.0 Å². The van der Waals surface area contributed by atoms with Gasteiger partial charge in [-0.25, -0.2) is 8.42 Å². The van der Waals surface area contributed by atoms with Crippen molar-refractivity contribution in [3.63, 3.8) is 0 Å². The summed E-state index contributed by atoms with van der Waals surface area (Å²) in [4.78, 5) is 15.8. The number of rotatable bonds is 10. The largest absolute Gasteiger partial charge is 0.492 e. The van der Waals surface area contributed by atoms with Gasteiger partial charge in [-0.05, 0) is 35.9 Å². The molecule has 1 aromatic carbocycles. The first-order chi connectivity index (χ1) is 12.4. The van der Waals surface area contributed by atoms with Gasteiger partial charge in [-0.15, -0.1) is 11.8 Å². The average Bonchev–Trinajstić information content (AvgIpc) is 2.60. The molecule has 0 aliphatic carbocycles. The summed E-state index contributed by atoms with van der Waals surface area (Å²) in [6, 6.07) is 10.4. The van der Waals surface area contributed by atoms with E-state index >= 15 is 0 Å². The summed E-state index contributed by atoms with van der Waals surface area (Å²) in [5.41, 5.74) is 1.56. The third-order valence-electron chi connectivity index (χ3n) is 3.08. The smallest absolute Gasteiger partial charge is 0.230 e. The van der Waals surface area contributed by atoms with E-state index in [1.165, 1.54) is 11.8 Å². The van der Waals surface area contributed by atoms with Crippen molar-refractivity contribution in [2.75, 3.05) is 29.9 Å². The first-order valence-corrected chi connectivity index (χ1v) is 10.9. The molecule has 0 aliphatic heterocycles. The molecule has 26 heavy (non-hydrogen) atoms. The molecule has 0 unspecified atom stereocenters. The quantitative estimate of drug-likeness (QED) is 0.596. The number of ether oxygens (including phenoxy) is 1. The zero-order chi connectivity index (χ0) is 18.8. The van der Waals surface area contributed by atoms with Gasteiger partial charge in [-0.1, -0.05) is 6.07 Å². The highest BCUT2D eigenvalue weighted by molar-refractivity contribution is 7.99. The molecule has 0 saturated heterocycles. The van der Waals surface area contributed by atoms with Crippen LogP contribution in [0.4, 0.5) is 5.69 Å². The number of carbonyl (C=O) groups is 1. The molecule has 0 saturated carbocycles. The second-order valence-corrected chi connectivity index (χ2v) is 8.19. The summed E-state index contributed by atoms with van der Waals surface area (Å²) in [5.74, 6) is 1.67. The average molecular weight is 396 g/mol. The molecule has 140 valence electrons. The Morgan fingerprint density at radius 1 is 1.23 bits per heavy atom. The van der Waals surface area contributed by atoms with Crippen molar-refractivity contribution in [3.8, 4) is 5.75 Å². The van der Waals surface area contributed by atoms with Gasteiger partial charge >= 0.3 is 0 Å². The van der Waals surface area contributed by atoms with Gasteiger partial charge in [0.05, 0.1) is 18.6 Å². The SMILES string of the molecule is CS(=O)(=O)Nc1ccc(OCCNC(=O)CSCc2cccnc2)cc1. The summed E-state index contributed by atoms with van der Waals surface area (Å²) < 4.78 is 30.1. The number of hydrogen-bond acceptors (Lipinski definition) is 6. The molecule has 2 aromatic rings. The number of pyridine rings is 1. The molecule has 0 aliphatic rings. The van der Waals surface area contributed by atoms with Crippen molar-refractivity contribution in [3.05, 3.63) is 54.4 Å². The molecule has 0 atom stereocenters. The van der Waals surface area contributed by atoms with Gasteiger partial charge in [0.1, 0.15) is 12.4 Å². The van der Waals surface area contributed by atoms with Crippen LogP contribution in [0.3, 0.4) is 0 Å². The first kappa shape index (κ1) is 20.1. The predicted octanol–water partition coefficient (Wildman–Crippen LogP) is 1.88. The van der Waals surface area contributed by atoms with Gasteiger partial charge in [0.15, 0.2) is 0 Å². The van der Waals surface area contributed by atoms with Gasteiger partial charge in [-0.3, -0.25) is 14.5 Å². The van der Waals surface area contributed by atoms with Gasteiger partial charge in [0.25, 0.3) is 0 Å². The second-order valence-electron chi connectivity index (χ2n) is 5.45. The maximum absolute atomic E-state index is 11.8. The van der Waals surface area contributed by atoms with Crippen LogP contribution in [0.25, 0.3) is 0 Å². The molecule has 0 fully saturated rings. The van der Waals surface area contributed by atoms with Gasteiger partial charge in [-0.2, -0.15) is 0 Å². The van der Waals surface area contributed by atoms with Crippen LogP contribution >= 0.6 is 11.8 Å². The molecule has 1 aromatic heterocycles. The van der Waals surface area contributed by atoms with Crippen molar-refractivity contribution in [2.24, 2.45) is 0 Å². The lowest BCUT2D eigenvalue weighted by atomic mass is 10.3. The Morgan fingerprint density at radius 3 is 2.65 bits per heavy atom. The molecule has 0 bridgehead atoms. The number of hydrogen-bond donors (Lipinski definition) is 2. The molecular weight excluding hydrogens is 374 g/mol. The summed E-state index contributed by atoms with van der Waals surface area (Å²) in [6.07, 6.45) is 4.60. The fraction of sp³-hybridized carbons (Fsp3) is 0.294. The van der Waals surface area contributed by atoms with Crippen molar-refractivity contribution >= 4 is 33.4 Å². The van der Waals surface area contributed by atoms with Crippen molar-refractivity contribution in [2.45, 2.75) is 5.75 Å². The fourth-order valence-electron chi connectivity index (χ4n) is 1.99. The van der Waals surface area contributed by atoms with Crippen LogP contribution in [-0.2, 0) is 20.6 Å². The number of thioether (sulfide) groups is 1. The molecule has 0 radical (unpaired) electrons. The fourth-order valence-corrected chi connectivity index (χ4v) is 3.35. The highest BCUT2D eigenvalue weighted by Gasteiger charge is 2.03. The Bertz CT molecular complexity index is 797. The van der Waals surface area contributed by atoms with Crippen LogP contribution < -0.4 is 14.8 Å². The number of anilines is 1. The standard InChI is InChI=1S/C17H21N3O4S2/c1-26(22,23)20-15-4-6-16(7-5-15)24-10-9-19-17(21)13-25-12-14-3-2-8-18-11-14/h2-8,11,20H,9-10,12-13H2,1H3,(H,19,21). The number of benzene rings is 1. The number of carbonyl (C=O) groups excluding carboxylic acids is 1. The number of amides is 1. The minimum absolute atomic E-state index is 0.0461. The minimum Gasteiger partial charge on any atom is -0.492 e. The van der Waals surface area contributed by atoms with Crippen LogP contribution in [0.5, 0.6) is 5.75 Å². The summed E-state index contributed by atoms with van der Waals surface area (Å²) in [7, 11) is -3.29. The van der Waals surface area contributed by atoms with Gasteiger partial charge in [0, 0.05) is 23.8 Å². The molecule has 9 heteroatoms. The topological polar surface area (TPSA) is 97.4 Å². The lowest BCUT2D eigenvalue weighted by Gasteiger charge is -2.09. The third kappa shape index (κ3) is 8.21. The van der Waals surface area contributed by atoms with E-state index in [-0.39, 0.29) is 5.91 Å². The maximum Gasteiger partial charge on any atom is 0.230 e. The molecule has 2 rings (SSSR count). The van der Waals surface area contributed by atoms with Crippen LogP contribution in [0.1, 0.15) is 5.56 Å². The van der Waals surface area contributed by atoms with Crippen LogP contribution in [0.15, 0.2) is 48.8 Å². The van der Waals surface area contributed by atoms with E-state index in [0.717, 1.165) is 17.6 Å². The third-order valence-corrected chi connectivity index (χ3v) is 4.69. The summed E-state index contributed by atoms with van der Waals surface area (Å²) >= 11 is 1.53. The predicted molar refractivity (Wildman–Crippen MR) is 104 cm³/mol. The highest BCUT2D eigenvalue weighted by atomic mass is 32.2. The van der Waals surface area contributed by atoms with Crippen molar-refractivity contribution in [1.29, 1.82) is 0 Å². The maximum atomic E-state index is 11.8. The monoisotopic (exact) mass is 395 g/mol. The molecule has 7 nitrogen and oxygen atoms in total. The van der Waals surface area contributed by atoms with E-state index in [2.05, 4.69) is 15.0 Å². The van der Waals surface area contributed by atoms with Crippen LogP contribution in [0.2, 0.25) is 0 Å². The zero-order valence-corrected chi connectivity index (χ0v) is 16.0. The minimum atomic E-state index is -3.29. The highest BCUT2D eigenvalue weighted by Crippen LogP contribution is 2.16. The van der Waals surface area contributed by atoms with Gasteiger partial charge < -0.3 is 10.1 Å². The van der Waals surface area contributed by atoms with Crippen molar-refractivity contribution in [1.82, 2.24) is 10.3 Å². The Morgan fingerprint density at radius 2 is 2.00 bits per heavy atom. The molecule has 0 spiro atoms. The Kier molecular flexibility index (Phi) is 7.73. The van der Waals surface area contributed by atoms with Gasteiger partial charge in [0.2, 0.25) is 15.9 Å². The number of aromatic nitrogens is 1. The normalized spacial score (nSPS) is 11.0. The van der Waals surface area contributed by atoms with E-state index in [0.29, 0.717) is 30.3 Å². The molecule has 1 heterocycles. The molecule has 2 N–H and O–H groups in total. The van der Waals surface area contributed by atoms with Crippen molar-refractivity contribution < 1.29 is 17.9 Å². The molecular formula is C17H21N3O4S2. The lowest BCUT2D eigenvalue weighted by Crippen LogP contribution is -2.29. The van der Waals surface area contributed by atoms with E-state index in [4.69, 9.17) is 4.74 Å². The Balaban J connectivity index is 1.60. The zero-order valence-electron chi connectivity index (χ0n) is 14.3. The number of sulfonamides is 1. The summed E-state index contributed by atoms with van der Waals surface area (Å²) in [6.45, 7) is 0.730. The van der Waals surface area contributed by atoms with E-state index in [9.17, 15) is 13.2 Å². The molecule has 1 amide bonds. The lowest BCUT2D eigenvalue weighted by molar-refractivity contribution is -0.118. The van der Waals surface area contributed by atoms with Crippen LogP contribution in [-0.4, -0.2) is 44.5 Å². The van der Waals surface area contributed by atoms with E-state index in [1.807, 2.05) is 12.1 Å². The number of nitrogens with one attached hydrogen (secondary N) is 2. The first-order valence-electron chi connectivity index (χ1n) is 7.86. The Hall–Kier alpha value is -2.26. The summed E-state index contributed by atoms with van der Waals surface area (Å²) in [5, 5.41) is 2.79. The van der Waals surface area contributed by atoms with Crippen LogP contribution in [0, 0.1) is 0 Å². The Labute approximate surface area is 157 Å².